The average molecular weight is 237 g/mol. The quantitative estimate of drug-likeness (QED) is 0.851. The van der Waals surface area contributed by atoms with Gasteiger partial charge in [0.05, 0.1) is 18.2 Å². The van der Waals surface area contributed by atoms with Crippen LogP contribution in [0.5, 0.6) is 0 Å². The van der Waals surface area contributed by atoms with Crippen LogP contribution in [0.15, 0.2) is 24.3 Å². The Balaban J connectivity index is 2.96. The largest absolute Gasteiger partial charge is 0.501 e. The van der Waals surface area contributed by atoms with E-state index < -0.39 is 0 Å². The van der Waals surface area contributed by atoms with E-state index in [0.29, 0.717) is 12.0 Å². The second kappa shape index (κ2) is 5.07. The van der Waals surface area contributed by atoms with E-state index in [0.717, 1.165) is 16.1 Å². The van der Waals surface area contributed by atoms with Crippen molar-refractivity contribution in [3.8, 4) is 12.1 Å². The van der Waals surface area contributed by atoms with E-state index in [1.54, 1.807) is 6.26 Å². The van der Waals surface area contributed by atoms with Gasteiger partial charge in [0, 0.05) is 16.1 Å². The molecule has 0 unspecified atom stereocenters. The lowest BCUT2D eigenvalue weighted by atomic mass is 10.2. The normalized spacial score (nSPS) is 10.9. The van der Waals surface area contributed by atoms with Crippen LogP contribution in [0.4, 0.5) is 0 Å². The summed E-state index contributed by atoms with van der Waals surface area (Å²) in [5, 5.41) is 20.1. The van der Waals surface area contributed by atoms with Crippen LogP contribution in [0.3, 0.4) is 0 Å². The molecule has 2 aromatic rings. The number of aromatic nitrogens is 1. The fourth-order valence-corrected chi connectivity index (χ4v) is 1.79. The molecule has 4 heteroatoms. The van der Waals surface area contributed by atoms with Gasteiger partial charge in [0.2, 0.25) is 0 Å². The highest BCUT2D eigenvalue weighted by atomic mass is 16.5. The molecule has 0 saturated carbocycles. The van der Waals surface area contributed by atoms with Crippen molar-refractivity contribution < 1.29 is 4.74 Å². The summed E-state index contributed by atoms with van der Waals surface area (Å²) in [6, 6.07) is 11.4. The molecule has 4 nitrogen and oxygen atoms in total. The van der Waals surface area contributed by atoms with Gasteiger partial charge in [0.15, 0.2) is 5.57 Å². The number of ether oxygens (including phenoxy) is 1. The van der Waals surface area contributed by atoms with Crippen molar-refractivity contribution in [1.82, 2.24) is 4.98 Å². The Morgan fingerprint density at radius 3 is 2.72 bits per heavy atom. The highest BCUT2D eigenvalue weighted by Crippen LogP contribution is 2.04. The molecule has 0 amide bonds. The summed E-state index contributed by atoms with van der Waals surface area (Å²) in [5.74, 6) is 0. The number of H-pyrrole nitrogens is 1. The molecule has 0 radical (unpaired) electrons. The van der Waals surface area contributed by atoms with Gasteiger partial charge in [-0.05, 0) is 13.0 Å². The Labute approximate surface area is 104 Å². The fourth-order valence-electron chi connectivity index (χ4n) is 1.79. The van der Waals surface area contributed by atoms with E-state index in [-0.39, 0.29) is 5.57 Å². The van der Waals surface area contributed by atoms with Crippen molar-refractivity contribution in [3.63, 3.8) is 0 Å². The number of fused-ring (bicyclic) bond motifs is 1. The van der Waals surface area contributed by atoms with Gasteiger partial charge in [-0.3, -0.25) is 0 Å². The molecular formula is C14H11N3O. The van der Waals surface area contributed by atoms with Gasteiger partial charge in [0.25, 0.3) is 0 Å². The number of benzene rings is 1. The number of nitrogens with zero attached hydrogens (tertiary/aromatic N) is 2. The maximum absolute atomic E-state index is 8.97. The zero-order valence-corrected chi connectivity index (χ0v) is 9.90. The lowest BCUT2D eigenvalue weighted by Crippen LogP contribution is -2.25. The summed E-state index contributed by atoms with van der Waals surface area (Å²) in [5.41, 5.74) is 0.929. The van der Waals surface area contributed by atoms with Gasteiger partial charge in [-0.1, -0.05) is 18.2 Å². The third kappa shape index (κ3) is 1.92. The Bertz CT molecular complexity index is 756. The second-order valence-electron chi connectivity index (χ2n) is 3.63. The van der Waals surface area contributed by atoms with Gasteiger partial charge >= 0.3 is 0 Å². The minimum Gasteiger partial charge on any atom is -0.501 e. The van der Waals surface area contributed by atoms with Gasteiger partial charge in [-0.2, -0.15) is 10.5 Å². The number of rotatable bonds is 2. The van der Waals surface area contributed by atoms with Crippen LogP contribution in [0.2, 0.25) is 0 Å². The number of hydrogen-bond donors (Lipinski definition) is 1. The van der Waals surface area contributed by atoms with E-state index in [1.165, 1.54) is 0 Å². The van der Waals surface area contributed by atoms with E-state index in [9.17, 15) is 0 Å². The molecule has 0 aliphatic heterocycles. The molecule has 0 fully saturated rings. The number of hydrogen-bond acceptors (Lipinski definition) is 3. The van der Waals surface area contributed by atoms with Gasteiger partial charge in [-0.25, -0.2) is 0 Å². The predicted octanol–water partition coefficient (Wildman–Crippen LogP) is 1.14. The third-order valence-corrected chi connectivity index (χ3v) is 2.59. The monoisotopic (exact) mass is 237 g/mol. The Hall–Kier alpha value is -2.72. The van der Waals surface area contributed by atoms with Crippen molar-refractivity contribution in [2.75, 3.05) is 6.61 Å². The molecule has 2 rings (SSSR count). The first-order valence-electron chi connectivity index (χ1n) is 5.54. The van der Waals surface area contributed by atoms with E-state index in [1.807, 2.05) is 43.3 Å². The van der Waals surface area contributed by atoms with Crippen molar-refractivity contribution >= 4 is 22.7 Å². The van der Waals surface area contributed by atoms with Crippen LogP contribution in [0, 0.1) is 22.7 Å². The molecule has 0 aliphatic carbocycles. The molecule has 1 aromatic carbocycles. The van der Waals surface area contributed by atoms with Crippen LogP contribution in [0.1, 0.15) is 6.92 Å². The number of nitrogens with one attached hydrogen (secondary N) is 1. The lowest BCUT2D eigenvalue weighted by molar-refractivity contribution is 0.316. The molecule has 0 atom stereocenters. The second-order valence-corrected chi connectivity index (χ2v) is 3.63. The number of nitriles is 2. The maximum atomic E-state index is 8.97. The molecule has 1 N–H and O–H groups in total. The highest BCUT2D eigenvalue weighted by Gasteiger charge is 2.04. The first-order chi connectivity index (χ1) is 8.81. The molecule has 18 heavy (non-hydrogen) atoms. The maximum Gasteiger partial charge on any atom is 0.153 e. The van der Waals surface area contributed by atoms with Crippen LogP contribution in [-0.2, 0) is 4.74 Å². The minimum absolute atomic E-state index is 0.0529. The van der Waals surface area contributed by atoms with Crippen molar-refractivity contribution in [1.29, 1.82) is 10.5 Å². The number of aromatic amines is 1. The van der Waals surface area contributed by atoms with Gasteiger partial charge in [0.1, 0.15) is 12.1 Å². The fraction of sp³-hybridized carbons (Fsp3) is 0.143. The third-order valence-electron chi connectivity index (χ3n) is 2.59. The van der Waals surface area contributed by atoms with Crippen molar-refractivity contribution in [2.45, 2.75) is 6.92 Å². The smallest absolute Gasteiger partial charge is 0.153 e. The molecule has 0 aliphatic rings. The summed E-state index contributed by atoms with van der Waals surface area (Å²) in [6.07, 6.45) is 1.59. The minimum atomic E-state index is 0.0529. The van der Waals surface area contributed by atoms with Crippen LogP contribution in [-0.4, -0.2) is 11.6 Å². The first-order valence-corrected chi connectivity index (χ1v) is 5.54. The Morgan fingerprint density at radius 1 is 1.33 bits per heavy atom. The van der Waals surface area contributed by atoms with Crippen molar-refractivity contribution in [2.24, 2.45) is 0 Å². The van der Waals surface area contributed by atoms with E-state index >= 15 is 0 Å². The summed E-state index contributed by atoms with van der Waals surface area (Å²) >= 11 is 0. The summed E-state index contributed by atoms with van der Waals surface area (Å²) in [6.45, 7) is 2.41. The Kier molecular flexibility index (Phi) is 3.31. The van der Waals surface area contributed by atoms with E-state index in [4.69, 9.17) is 15.3 Å². The molecule has 0 spiro atoms. The first kappa shape index (κ1) is 11.8. The topological polar surface area (TPSA) is 72.6 Å². The molecule has 1 heterocycles. The predicted molar refractivity (Wildman–Crippen MR) is 68.3 cm³/mol. The lowest BCUT2D eigenvalue weighted by Gasteiger charge is -1.91. The SMILES string of the molecule is CCOC=c1c(=C(C#N)C#N)[nH]c2ccccc12. The van der Waals surface area contributed by atoms with Crippen LogP contribution < -0.4 is 10.6 Å². The number of para-hydroxylation sites is 1. The van der Waals surface area contributed by atoms with Gasteiger partial charge in [-0.15, -0.1) is 0 Å². The average Bonchev–Trinajstić information content (AvgIpc) is 2.76. The molecule has 0 saturated heterocycles. The van der Waals surface area contributed by atoms with Crippen molar-refractivity contribution in [3.05, 3.63) is 34.8 Å². The van der Waals surface area contributed by atoms with Crippen LogP contribution in [0.25, 0.3) is 22.7 Å². The summed E-state index contributed by atoms with van der Waals surface area (Å²) < 4.78 is 5.29. The van der Waals surface area contributed by atoms with Crippen LogP contribution >= 0.6 is 0 Å². The summed E-state index contributed by atoms with van der Waals surface area (Å²) in [4.78, 5) is 3.08. The van der Waals surface area contributed by atoms with Gasteiger partial charge < -0.3 is 9.72 Å². The zero-order chi connectivity index (χ0) is 13.0. The summed E-state index contributed by atoms with van der Waals surface area (Å²) in [7, 11) is 0. The van der Waals surface area contributed by atoms with E-state index in [2.05, 4.69) is 4.98 Å². The molecule has 0 bridgehead atoms. The molecule has 1 aromatic heterocycles. The highest BCUT2D eigenvalue weighted by molar-refractivity contribution is 5.83. The molecule has 88 valence electrons. The standard InChI is InChI=1S/C14H11N3O/c1-2-18-9-12-11-5-3-4-6-13(11)17-14(12)10(7-15)8-16/h3-6,9,17H,2H2,1H3. The Morgan fingerprint density at radius 2 is 2.06 bits per heavy atom. The zero-order valence-electron chi connectivity index (χ0n) is 9.90. The molecular weight excluding hydrogens is 226 g/mol.